The van der Waals surface area contributed by atoms with Crippen molar-refractivity contribution in [3.8, 4) is 0 Å². The first-order valence-electron chi connectivity index (χ1n) is 5.30. The van der Waals surface area contributed by atoms with E-state index in [2.05, 4.69) is 35.3 Å². The van der Waals surface area contributed by atoms with Gasteiger partial charge in [0, 0.05) is 12.6 Å². The van der Waals surface area contributed by atoms with Crippen LogP contribution in [0.15, 0.2) is 12.1 Å². The smallest absolute Gasteiger partial charge is 0.151 e. The minimum Gasteiger partial charge on any atom is -0.298 e. The van der Waals surface area contributed by atoms with Crippen LogP contribution in [0.4, 0.5) is 0 Å². The monoisotopic (exact) mass is 259 g/mol. The number of thioether (sulfide) groups is 1. The third-order valence-electron chi connectivity index (χ3n) is 2.59. The summed E-state index contributed by atoms with van der Waals surface area (Å²) in [5.74, 6) is 1.19. The molecule has 3 nitrogen and oxygen atoms in total. The van der Waals surface area contributed by atoms with Crippen LogP contribution >= 0.6 is 23.4 Å². The van der Waals surface area contributed by atoms with E-state index >= 15 is 0 Å². The third-order valence-corrected chi connectivity index (χ3v) is 3.44. The number of rotatable bonds is 6. The molecular formula is C11H18ClN3S. The number of nitrogens with zero attached hydrogens (tertiary/aromatic N) is 3. The van der Waals surface area contributed by atoms with E-state index in [0.717, 1.165) is 12.2 Å². The van der Waals surface area contributed by atoms with E-state index in [0.29, 0.717) is 11.2 Å². The van der Waals surface area contributed by atoms with Crippen LogP contribution in [0.2, 0.25) is 5.15 Å². The summed E-state index contributed by atoms with van der Waals surface area (Å²) < 4.78 is 0. The van der Waals surface area contributed by atoms with Crippen LogP contribution in [-0.2, 0) is 6.54 Å². The summed E-state index contributed by atoms with van der Waals surface area (Å²) in [6.07, 6.45) is 3.33. The molecule has 1 heterocycles. The summed E-state index contributed by atoms with van der Waals surface area (Å²) in [5, 5.41) is 8.34. The van der Waals surface area contributed by atoms with Crippen molar-refractivity contribution in [2.24, 2.45) is 0 Å². The summed E-state index contributed by atoms with van der Waals surface area (Å²) >= 11 is 7.57. The largest absolute Gasteiger partial charge is 0.298 e. The number of hydrogen-bond donors (Lipinski definition) is 0. The second kappa shape index (κ2) is 7.09. The number of halogens is 1. The van der Waals surface area contributed by atoms with Crippen molar-refractivity contribution in [3.05, 3.63) is 23.0 Å². The molecule has 1 aromatic rings. The SMILES string of the molecule is CSCCC(C)N(C)Cc1ccc(Cl)nn1. The summed E-state index contributed by atoms with van der Waals surface area (Å²) in [6, 6.07) is 4.27. The van der Waals surface area contributed by atoms with Crippen LogP contribution in [0.1, 0.15) is 19.0 Å². The molecule has 0 amide bonds. The second-order valence-electron chi connectivity index (χ2n) is 3.89. The van der Waals surface area contributed by atoms with Crippen molar-refractivity contribution < 1.29 is 0 Å². The zero-order valence-corrected chi connectivity index (χ0v) is 11.6. The van der Waals surface area contributed by atoms with Gasteiger partial charge < -0.3 is 0 Å². The van der Waals surface area contributed by atoms with Crippen LogP contribution in [0.5, 0.6) is 0 Å². The molecule has 0 fully saturated rings. The quantitative estimate of drug-likeness (QED) is 0.786. The van der Waals surface area contributed by atoms with Gasteiger partial charge >= 0.3 is 0 Å². The highest BCUT2D eigenvalue weighted by molar-refractivity contribution is 7.98. The Labute approximate surface area is 107 Å². The lowest BCUT2D eigenvalue weighted by molar-refractivity contribution is 0.241. The van der Waals surface area contributed by atoms with Crippen LogP contribution in [0.25, 0.3) is 0 Å². The molecule has 0 N–H and O–H groups in total. The summed E-state index contributed by atoms with van der Waals surface area (Å²) in [5.41, 5.74) is 0.961. The normalized spacial score (nSPS) is 13.1. The fourth-order valence-electron chi connectivity index (χ4n) is 1.35. The molecule has 0 aliphatic carbocycles. The van der Waals surface area contributed by atoms with Crippen molar-refractivity contribution in [2.75, 3.05) is 19.1 Å². The summed E-state index contributed by atoms with van der Waals surface area (Å²) in [4.78, 5) is 2.29. The molecule has 5 heteroatoms. The zero-order chi connectivity index (χ0) is 12.0. The summed E-state index contributed by atoms with van der Waals surface area (Å²) in [7, 11) is 2.11. The van der Waals surface area contributed by atoms with E-state index in [-0.39, 0.29) is 0 Å². The number of hydrogen-bond acceptors (Lipinski definition) is 4. The highest BCUT2D eigenvalue weighted by Gasteiger charge is 2.09. The summed E-state index contributed by atoms with van der Waals surface area (Å²) in [6.45, 7) is 3.05. The van der Waals surface area contributed by atoms with E-state index in [1.165, 1.54) is 12.2 Å². The lowest BCUT2D eigenvalue weighted by Gasteiger charge is -2.23. The molecule has 0 saturated carbocycles. The van der Waals surface area contributed by atoms with Crippen molar-refractivity contribution in [1.82, 2.24) is 15.1 Å². The molecule has 0 aromatic carbocycles. The van der Waals surface area contributed by atoms with Crippen molar-refractivity contribution in [2.45, 2.75) is 25.9 Å². The van der Waals surface area contributed by atoms with E-state index < -0.39 is 0 Å². The molecular weight excluding hydrogens is 242 g/mol. The van der Waals surface area contributed by atoms with E-state index in [9.17, 15) is 0 Å². The molecule has 0 aliphatic heterocycles. The Morgan fingerprint density at radius 3 is 2.75 bits per heavy atom. The fourth-order valence-corrected chi connectivity index (χ4v) is 2.03. The maximum atomic E-state index is 5.69. The molecule has 0 radical (unpaired) electrons. The molecule has 1 atom stereocenters. The molecule has 1 aromatic heterocycles. The Balaban J connectivity index is 2.43. The van der Waals surface area contributed by atoms with Gasteiger partial charge in [-0.1, -0.05) is 11.6 Å². The maximum absolute atomic E-state index is 5.69. The van der Waals surface area contributed by atoms with Gasteiger partial charge in [-0.25, -0.2) is 0 Å². The van der Waals surface area contributed by atoms with Crippen LogP contribution in [0, 0.1) is 0 Å². The third kappa shape index (κ3) is 4.68. The molecule has 0 saturated heterocycles. The highest BCUT2D eigenvalue weighted by Crippen LogP contribution is 2.10. The standard InChI is InChI=1S/C11H18ClN3S/c1-9(6-7-16-3)15(2)8-10-4-5-11(12)14-13-10/h4-5,9H,6-8H2,1-3H3. The highest BCUT2D eigenvalue weighted by atomic mass is 35.5. The van der Waals surface area contributed by atoms with E-state index in [1.807, 2.05) is 17.8 Å². The lowest BCUT2D eigenvalue weighted by Crippen LogP contribution is -2.29. The first-order chi connectivity index (χ1) is 7.63. The predicted molar refractivity (Wildman–Crippen MR) is 71.0 cm³/mol. The molecule has 90 valence electrons. The van der Waals surface area contributed by atoms with Gasteiger partial charge in [-0.2, -0.15) is 16.9 Å². The van der Waals surface area contributed by atoms with Crippen LogP contribution in [-0.4, -0.2) is 40.2 Å². The van der Waals surface area contributed by atoms with Crippen LogP contribution in [0.3, 0.4) is 0 Å². The average Bonchev–Trinajstić information content (AvgIpc) is 2.29. The molecule has 1 rings (SSSR count). The predicted octanol–water partition coefficient (Wildman–Crippen LogP) is 2.70. The molecule has 0 bridgehead atoms. The Kier molecular flexibility index (Phi) is 6.09. The topological polar surface area (TPSA) is 29.0 Å². The maximum Gasteiger partial charge on any atom is 0.151 e. The van der Waals surface area contributed by atoms with Gasteiger partial charge in [0.05, 0.1) is 5.69 Å². The number of aromatic nitrogens is 2. The Morgan fingerprint density at radius 1 is 1.44 bits per heavy atom. The molecule has 0 aliphatic rings. The van der Waals surface area contributed by atoms with Crippen molar-refractivity contribution >= 4 is 23.4 Å². The first-order valence-corrected chi connectivity index (χ1v) is 7.08. The first kappa shape index (κ1) is 13.7. The van der Waals surface area contributed by atoms with Gasteiger partial charge in [0.2, 0.25) is 0 Å². The van der Waals surface area contributed by atoms with Gasteiger partial charge in [0.1, 0.15) is 0 Å². The van der Waals surface area contributed by atoms with Crippen LogP contribution < -0.4 is 0 Å². The van der Waals surface area contributed by atoms with E-state index in [1.54, 1.807) is 6.07 Å². The molecule has 0 spiro atoms. The van der Waals surface area contributed by atoms with Gasteiger partial charge in [-0.15, -0.1) is 5.10 Å². The van der Waals surface area contributed by atoms with Gasteiger partial charge in [0.25, 0.3) is 0 Å². The van der Waals surface area contributed by atoms with Gasteiger partial charge in [-0.05, 0) is 44.5 Å². The van der Waals surface area contributed by atoms with Gasteiger partial charge in [-0.3, -0.25) is 4.90 Å². The minimum absolute atomic E-state index is 0.446. The van der Waals surface area contributed by atoms with Crippen molar-refractivity contribution in [1.29, 1.82) is 0 Å². The fraction of sp³-hybridized carbons (Fsp3) is 0.636. The lowest BCUT2D eigenvalue weighted by atomic mass is 10.2. The average molecular weight is 260 g/mol. The molecule has 1 unspecified atom stereocenters. The Hall–Kier alpha value is -0.320. The minimum atomic E-state index is 0.446. The molecule has 16 heavy (non-hydrogen) atoms. The van der Waals surface area contributed by atoms with Crippen molar-refractivity contribution in [3.63, 3.8) is 0 Å². The zero-order valence-electron chi connectivity index (χ0n) is 9.98. The van der Waals surface area contributed by atoms with E-state index in [4.69, 9.17) is 11.6 Å². The Morgan fingerprint density at radius 2 is 2.19 bits per heavy atom. The second-order valence-corrected chi connectivity index (χ2v) is 5.27. The Bertz CT molecular complexity index is 305. The van der Waals surface area contributed by atoms with Gasteiger partial charge in [0.15, 0.2) is 5.15 Å².